The third-order valence-corrected chi connectivity index (χ3v) is 4.71. The van der Waals surface area contributed by atoms with Crippen LogP contribution in [0.4, 0.5) is 5.69 Å². The number of ether oxygens (including phenoxy) is 1. The summed E-state index contributed by atoms with van der Waals surface area (Å²) < 4.78 is 5.25. The molecule has 0 fully saturated rings. The van der Waals surface area contributed by atoms with Crippen LogP contribution in [0.15, 0.2) is 47.5 Å². The van der Waals surface area contributed by atoms with Crippen LogP contribution in [0.1, 0.15) is 5.56 Å². The van der Waals surface area contributed by atoms with E-state index in [4.69, 9.17) is 45.3 Å². The van der Waals surface area contributed by atoms with Gasteiger partial charge in [0.1, 0.15) is 12.6 Å². The van der Waals surface area contributed by atoms with Crippen LogP contribution in [0, 0.1) is 0 Å². The lowest BCUT2D eigenvalue weighted by molar-refractivity contribution is 0.313. The number of anilines is 1. The number of nitrogens with two attached hydrogens (primary N) is 1. The summed E-state index contributed by atoms with van der Waals surface area (Å²) in [6.07, 6.45) is 0. The van der Waals surface area contributed by atoms with Crippen molar-refractivity contribution < 1.29 is 4.74 Å². The van der Waals surface area contributed by atoms with Crippen LogP contribution in [0.5, 0.6) is 0 Å². The van der Waals surface area contributed by atoms with E-state index in [1.165, 1.54) is 0 Å². The number of aliphatic imine (C=N–C) groups is 1. The first-order valence-electron chi connectivity index (χ1n) is 7.42. The lowest BCUT2D eigenvalue weighted by atomic mass is 10.1. The molecule has 2 aromatic rings. The van der Waals surface area contributed by atoms with Gasteiger partial charge >= 0.3 is 0 Å². The first-order valence-corrected chi connectivity index (χ1v) is 8.55. The van der Waals surface area contributed by atoms with Gasteiger partial charge in [-0.05, 0) is 35.9 Å². The minimum atomic E-state index is -0.0215. The summed E-state index contributed by atoms with van der Waals surface area (Å²) in [6.45, 7) is 1.81. The SMILES string of the molecule is NC1=N[C@H](CN(Cc2ccc(Cl)cc2)c2ccc(Cl)c(Cl)c2)CO1. The molecule has 0 radical (unpaired) electrons. The fourth-order valence-corrected chi connectivity index (χ4v) is 2.96. The maximum absolute atomic E-state index is 6.17. The predicted octanol–water partition coefficient (Wildman–Crippen LogP) is 4.37. The highest BCUT2D eigenvalue weighted by atomic mass is 35.5. The van der Waals surface area contributed by atoms with Crippen LogP contribution < -0.4 is 10.6 Å². The summed E-state index contributed by atoms with van der Waals surface area (Å²) in [5, 5.41) is 1.75. The van der Waals surface area contributed by atoms with Gasteiger partial charge < -0.3 is 15.4 Å². The lowest BCUT2D eigenvalue weighted by Crippen LogP contribution is -2.32. The van der Waals surface area contributed by atoms with Gasteiger partial charge in [-0.15, -0.1) is 0 Å². The third-order valence-electron chi connectivity index (χ3n) is 3.72. The maximum atomic E-state index is 6.17. The Bertz CT molecular complexity index is 749. The Kier molecular flexibility index (Phi) is 5.39. The van der Waals surface area contributed by atoms with Crippen molar-refractivity contribution in [3.63, 3.8) is 0 Å². The van der Waals surface area contributed by atoms with Crippen LogP contribution in [-0.4, -0.2) is 25.2 Å². The summed E-state index contributed by atoms with van der Waals surface area (Å²) in [5.74, 6) is 0. The third kappa shape index (κ3) is 4.26. The minimum Gasteiger partial charge on any atom is -0.463 e. The summed E-state index contributed by atoms with van der Waals surface area (Å²) in [7, 11) is 0. The molecule has 0 aliphatic carbocycles. The molecule has 24 heavy (non-hydrogen) atoms. The Balaban J connectivity index is 1.84. The first kappa shape index (κ1) is 17.2. The molecular weight excluding hydrogens is 369 g/mol. The van der Waals surface area contributed by atoms with E-state index in [9.17, 15) is 0 Å². The normalized spacial score (nSPS) is 16.6. The predicted molar refractivity (Wildman–Crippen MR) is 100 cm³/mol. The number of hydrogen-bond acceptors (Lipinski definition) is 4. The average Bonchev–Trinajstić information content (AvgIpc) is 2.97. The van der Waals surface area contributed by atoms with Gasteiger partial charge in [0, 0.05) is 23.8 Å². The Morgan fingerprint density at radius 3 is 2.46 bits per heavy atom. The molecular formula is C17H16Cl3N3O. The fourth-order valence-electron chi connectivity index (χ4n) is 2.54. The van der Waals surface area contributed by atoms with E-state index in [-0.39, 0.29) is 12.1 Å². The van der Waals surface area contributed by atoms with Crippen molar-refractivity contribution in [1.82, 2.24) is 0 Å². The fraction of sp³-hybridized carbons (Fsp3) is 0.235. The quantitative estimate of drug-likeness (QED) is 0.833. The summed E-state index contributed by atoms with van der Waals surface area (Å²) in [5.41, 5.74) is 7.69. The zero-order valence-electron chi connectivity index (χ0n) is 12.8. The number of benzene rings is 2. The number of nitrogens with zero attached hydrogens (tertiary/aromatic N) is 2. The van der Waals surface area contributed by atoms with Crippen molar-refractivity contribution in [3.8, 4) is 0 Å². The molecule has 1 aliphatic heterocycles. The largest absolute Gasteiger partial charge is 0.463 e. The monoisotopic (exact) mass is 383 g/mol. The van der Waals surface area contributed by atoms with Crippen molar-refractivity contribution in [3.05, 3.63) is 63.1 Å². The molecule has 0 aromatic heterocycles. The molecule has 7 heteroatoms. The Morgan fingerprint density at radius 1 is 1.08 bits per heavy atom. The Morgan fingerprint density at radius 2 is 1.83 bits per heavy atom. The molecule has 0 unspecified atom stereocenters. The zero-order valence-corrected chi connectivity index (χ0v) is 15.0. The van der Waals surface area contributed by atoms with Gasteiger partial charge in [0.25, 0.3) is 6.02 Å². The molecule has 2 N–H and O–H groups in total. The van der Waals surface area contributed by atoms with E-state index in [0.717, 1.165) is 11.3 Å². The van der Waals surface area contributed by atoms with E-state index >= 15 is 0 Å². The summed E-state index contributed by atoms with van der Waals surface area (Å²) in [6, 6.07) is 13.5. The molecule has 0 saturated carbocycles. The highest BCUT2D eigenvalue weighted by Crippen LogP contribution is 2.28. The second-order valence-corrected chi connectivity index (χ2v) is 6.79. The van der Waals surface area contributed by atoms with Gasteiger partial charge in [0.15, 0.2) is 0 Å². The molecule has 0 bridgehead atoms. The van der Waals surface area contributed by atoms with Crippen LogP contribution in [-0.2, 0) is 11.3 Å². The molecule has 1 heterocycles. The standard InChI is InChI=1S/C17H16Cl3N3O/c18-12-3-1-11(2-4-12)8-23(9-13-10-24-17(21)22-13)14-5-6-15(19)16(20)7-14/h1-7,13H,8-10H2,(H2,21,22)/t13-/m1/s1. The van der Waals surface area contributed by atoms with Gasteiger partial charge in [-0.2, -0.15) is 0 Å². The second kappa shape index (κ2) is 7.51. The zero-order chi connectivity index (χ0) is 17.1. The highest BCUT2D eigenvalue weighted by molar-refractivity contribution is 6.42. The number of rotatable bonds is 5. The van der Waals surface area contributed by atoms with Crippen molar-refractivity contribution in [1.29, 1.82) is 0 Å². The molecule has 0 amide bonds. The van der Waals surface area contributed by atoms with E-state index in [0.29, 0.717) is 34.8 Å². The smallest absolute Gasteiger partial charge is 0.282 e. The Labute approximate surface area is 155 Å². The van der Waals surface area contributed by atoms with Gasteiger partial charge in [0.2, 0.25) is 0 Å². The summed E-state index contributed by atoms with van der Waals surface area (Å²) >= 11 is 18.2. The van der Waals surface area contributed by atoms with Crippen molar-refractivity contribution in [2.24, 2.45) is 10.7 Å². The van der Waals surface area contributed by atoms with E-state index in [2.05, 4.69) is 9.89 Å². The van der Waals surface area contributed by atoms with Gasteiger partial charge in [0.05, 0.1) is 10.0 Å². The lowest BCUT2D eigenvalue weighted by Gasteiger charge is -2.27. The van der Waals surface area contributed by atoms with Crippen LogP contribution >= 0.6 is 34.8 Å². The van der Waals surface area contributed by atoms with Gasteiger partial charge in [-0.1, -0.05) is 46.9 Å². The van der Waals surface area contributed by atoms with E-state index in [1.54, 1.807) is 6.07 Å². The molecule has 1 aliphatic rings. The second-order valence-electron chi connectivity index (χ2n) is 5.54. The molecule has 1 atom stereocenters. The van der Waals surface area contributed by atoms with Crippen LogP contribution in [0.25, 0.3) is 0 Å². The van der Waals surface area contributed by atoms with Crippen molar-refractivity contribution >= 4 is 46.5 Å². The minimum absolute atomic E-state index is 0.0215. The van der Waals surface area contributed by atoms with Gasteiger partial charge in [-0.25, -0.2) is 4.99 Å². The number of hydrogen-bond donors (Lipinski definition) is 1. The number of halogens is 3. The Hall–Kier alpha value is -1.62. The molecule has 3 rings (SSSR count). The van der Waals surface area contributed by atoms with Crippen molar-refractivity contribution in [2.45, 2.75) is 12.6 Å². The average molecular weight is 385 g/mol. The molecule has 0 spiro atoms. The summed E-state index contributed by atoms with van der Waals surface area (Å²) in [4.78, 5) is 6.47. The highest BCUT2D eigenvalue weighted by Gasteiger charge is 2.21. The number of amidine groups is 1. The van der Waals surface area contributed by atoms with Crippen LogP contribution in [0.2, 0.25) is 15.1 Å². The van der Waals surface area contributed by atoms with Gasteiger partial charge in [-0.3, -0.25) is 0 Å². The maximum Gasteiger partial charge on any atom is 0.282 e. The van der Waals surface area contributed by atoms with E-state index < -0.39 is 0 Å². The topological polar surface area (TPSA) is 50.8 Å². The first-order chi connectivity index (χ1) is 11.5. The molecule has 2 aromatic carbocycles. The molecule has 4 nitrogen and oxygen atoms in total. The van der Waals surface area contributed by atoms with Crippen LogP contribution in [0.3, 0.4) is 0 Å². The van der Waals surface area contributed by atoms with Crippen molar-refractivity contribution in [2.75, 3.05) is 18.1 Å². The molecule has 126 valence electrons. The molecule has 0 saturated heterocycles. The van der Waals surface area contributed by atoms with E-state index in [1.807, 2.05) is 36.4 Å².